The van der Waals surface area contributed by atoms with E-state index in [-0.39, 0.29) is 0 Å². The van der Waals surface area contributed by atoms with Crippen LogP contribution < -0.4 is 4.74 Å². The highest BCUT2D eigenvalue weighted by Gasteiger charge is 2.08. The van der Waals surface area contributed by atoms with Gasteiger partial charge in [-0.2, -0.15) is 0 Å². The van der Waals surface area contributed by atoms with Crippen molar-refractivity contribution in [1.82, 2.24) is 4.98 Å². The Hall–Kier alpha value is -3.39. The van der Waals surface area contributed by atoms with E-state index in [1.165, 1.54) is 0 Å². The van der Waals surface area contributed by atoms with E-state index in [2.05, 4.69) is 35.3 Å². The minimum atomic E-state index is 0.824. The average Bonchev–Trinajstić information content (AvgIpc) is 2.70. The molecule has 120 valence electrons. The molecule has 0 N–H and O–H groups in total. The number of hydrogen-bond acceptors (Lipinski definition) is 2. The Morgan fingerprint density at radius 1 is 0.520 bits per heavy atom. The summed E-state index contributed by atoms with van der Waals surface area (Å²) in [5.74, 6) is 1.66. The Bertz CT molecular complexity index is 948. The van der Waals surface area contributed by atoms with Gasteiger partial charge in [0, 0.05) is 11.8 Å². The van der Waals surface area contributed by atoms with E-state index in [9.17, 15) is 0 Å². The summed E-state index contributed by atoms with van der Waals surface area (Å²) in [7, 11) is 0. The lowest BCUT2D eigenvalue weighted by Gasteiger charge is -2.10. The lowest BCUT2D eigenvalue weighted by atomic mass is 9.97. The molecule has 0 amide bonds. The molecular weight excluding hydrogens is 306 g/mol. The van der Waals surface area contributed by atoms with E-state index in [1.807, 2.05) is 72.9 Å². The molecule has 4 rings (SSSR count). The molecule has 0 saturated heterocycles. The summed E-state index contributed by atoms with van der Waals surface area (Å²) < 4.78 is 5.87. The van der Waals surface area contributed by atoms with Crippen LogP contribution in [-0.4, -0.2) is 4.98 Å². The topological polar surface area (TPSA) is 22.1 Å². The zero-order chi connectivity index (χ0) is 16.9. The van der Waals surface area contributed by atoms with Crippen LogP contribution in [-0.2, 0) is 0 Å². The minimum absolute atomic E-state index is 0.824. The molecule has 1 aromatic heterocycles. The predicted molar refractivity (Wildman–Crippen MR) is 102 cm³/mol. The van der Waals surface area contributed by atoms with E-state index >= 15 is 0 Å². The number of benzene rings is 3. The van der Waals surface area contributed by atoms with Crippen LogP contribution in [0, 0.1) is 0 Å². The maximum Gasteiger partial charge on any atom is 0.127 e. The minimum Gasteiger partial charge on any atom is -0.457 e. The van der Waals surface area contributed by atoms with Crippen molar-refractivity contribution in [2.24, 2.45) is 0 Å². The van der Waals surface area contributed by atoms with Crippen molar-refractivity contribution in [2.75, 3.05) is 0 Å². The molecule has 25 heavy (non-hydrogen) atoms. The monoisotopic (exact) mass is 323 g/mol. The third kappa shape index (κ3) is 3.43. The highest BCUT2D eigenvalue weighted by molar-refractivity contribution is 5.81. The predicted octanol–water partition coefficient (Wildman–Crippen LogP) is 6.21. The van der Waals surface area contributed by atoms with Gasteiger partial charge in [-0.1, -0.05) is 60.7 Å². The molecule has 0 fully saturated rings. The van der Waals surface area contributed by atoms with Crippen molar-refractivity contribution in [1.29, 1.82) is 0 Å². The van der Waals surface area contributed by atoms with Gasteiger partial charge in [-0.3, -0.25) is 4.98 Å². The van der Waals surface area contributed by atoms with Gasteiger partial charge in [0.15, 0.2) is 0 Å². The van der Waals surface area contributed by atoms with Crippen molar-refractivity contribution in [3.63, 3.8) is 0 Å². The second-order valence-corrected chi connectivity index (χ2v) is 5.70. The number of ether oxygens (including phenoxy) is 1. The van der Waals surface area contributed by atoms with E-state index in [0.717, 1.165) is 33.9 Å². The molecule has 1 heterocycles. The van der Waals surface area contributed by atoms with Crippen molar-refractivity contribution >= 4 is 0 Å². The average molecular weight is 323 g/mol. The van der Waals surface area contributed by atoms with Gasteiger partial charge < -0.3 is 4.74 Å². The van der Waals surface area contributed by atoms with Gasteiger partial charge >= 0.3 is 0 Å². The summed E-state index contributed by atoms with van der Waals surface area (Å²) in [6, 6.07) is 32.3. The summed E-state index contributed by atoms with van der Waals surface area (Å²) in [5, 5.41) is 0. The molecule has 3 aromatic carbocycles. The first kappa shape index (κ1) is 15.2. The lowest BCUT2D eigenvalue weighted by Crippen LogP contribution is -1.88. The number of para-hydroxylation sites is 1. The fraction of sp³-hybridized carbons (Fsp3) is 0. The van der Waals surface area contributed by atoms with Crippen LogP contribution in [0.15, 0.2) is 103 Å². The molecular formula is C23H17NO. The summed E-state index contributed by atoms with van der Waals surface area (Å²) in [6.45, 7) is 0. The van der Waals surface area contributed by atoms with Crippen LogP contribution in [0.5, 0.6) is 11.5 Å². The van der Waals surface area contributed by atoms with E-state index in [4.69, 9.17) is 4.74 Å². The quantitative estimate of drug-likeness (QED) is 0.445. The second kappa shape index (κ2) is 7.02. The van der Waals surface area contributed by atoms with Crippen LogP contribution in [0.25, 0.3) is 22.4 Å². The molecule has 0 aliphatic rings. The van der Waals surface area contributed by atoms with Crippen LogP contribution in [0.4, 0.5) is 0 Å². The number of pyridine rings is 1. The first-order valence-electron chi connectivity index (χ1n) is 8.24. The Labute approximate surface area is 147 Å². The molecule has 0 bridgehead atoms. The van der Waals surface area contributed by atoms with Gasteiger partial charge in [0.1, 0.15) is 11.5 Å². The van der Waals surface area contributed by atoms with Crippen molar-refractivity contribution < 1.29 is 4.74 Å². The standard InChI is InChI=1S/C23H17NO/c1-2-8-19(9-3-1)25-20-15-13-18(14-16-20)21-10-4-5-11-22(21)23-12-6-7-17-24-23/h1-17H. The van der Waals surface area contributed by atoms with Gasteiger partial charge in [0.25, 0.3) is 0 Å². The van der Waals surface area contributed by atoms with Gasteiger partial charge in [0.2, 0.25) is 0 Å². The van der Waals surface area contributed by atoms with Gasteiger partial charge in [-0.25, -0.2) is 0 Å². The summed E-state index contributed by atoms with van der Waals surface area (Å²) in [4.78, 5) is 4.48. The fourth-order valence-corrected chi connectivity index (χ4v) is 2.81. The Morgan fingerprint density at radius 3 is 1.88 bits per heavy atom. The Morgan fingerprint density at radius 2 is 1.16 bits per heavy atom. The number of nitrogens with zero attached hydrogens (tertiary/aromatic N) is 1. The first-order chi connectivity index (χ1) is 12.4. The zero-order valence-electron chi connectivity index (χ0n) is 13.7. The van der Waals surface area contributed by atoms with Crippen LogP contribution in [0.3, 0.4) is 0 Å². The Balaban J connectivity index is 1.65. The maximum atomic E-state index is 5.87. The van der Waals surface area contributed by atoms with E-state index < -0.39 is 0 Å². The molecule has 0 radical (unpaired) electrons. The molecule has 4 aromatic rings. The first-order valence-corrected chi connectivity index (χ1v) is 8.24. The summed E-state index contributed by atoms with van der Waals surface area (Å²) >= 11 is 0. The number of hydrogen-bond donors (Lipinski definition) is 0. The molecule has 0 unspecified atom stereocenters. The molecule has 0 saturated carbocycles. The molecule has 2 nitrogen and oxygen atoms in total. The summed E-state index contributed by atoms with van der Waals surface area (Å²) in [6.07, 6.45) is 1.82. The molecule has 0 atom stereocenters. The van der Waals surface area contributed by atoms with E-state index in [1.54, 1.807) is 0 Å². The molecule has 0 aliphatic heterocycles. The van der Waals surface area contributed by atoms with Crippen LogP contribution in [0.1, 0.15) is 0 Å². The fourth-order valence-electron chi connectivity index (χ4n) is 2.81. The van der Waals surface area contributed by atoms with Crippen LogP contribution >= 0.6 is 0 Å². The maximum absolute atomic E-state index is 5.87. The molecule has 0 spiro atoms. The number of aromatic nitrogens is 1. The van der Waals surface area contributed by atoms with Crippen molar-refractivity contribution in [3.05, 3.63) is 103 Å². The third-order valence-corrected chi connectivity index (χ3v) is 4.01. The lowest BCUT2D eigenvalue weighted by molar-refractivity contribution is 0.483. The van der Waals surface area contributed by atoms with Gasteiger partial charge in [-0.15, -0.1) is 0 Å². The number of rotatable bonds is 4. The second-order valence-electron chi connectivity index (χ2n) is 5.70. The van der Waals surface area contributed by atoms with Gasteiger partial charge in [0.05, 0.1) is 5.69 Å². The zero-order valence-corrected chi connectivity index (χ0v) is 13.7. The van der Waals surface area contributed by atoms with Crippen LogP contribution in [0.2, 0.25) is 0 Å². The normalized spacial score (nSPS) is 10.4. The molecule has 2 heteroatoms. The third-order valence-electron chi connectivity index (χ3n) is 4.01. The smallest absolute Gasteiger partial charge is 0.127 e. The highest BCUT2D eigenvalue weighted by atomic mass is 16.5. The van der Waals surface area contributed by atoms with Crippen molar-refractivity contribution in [3.8, 4) is 33.9 Å². The van der Waals surface area contributed by atoms with E-state index in [0.29, 0.717) is 0 Å². The largest absolute Gasteiger partial charge is 0.457 e. The van der Waals surface area contributed by atoms with Crippen molar-refractivity contribution in [2.45, 2.75) is 0 Å². The SMILES string of the molecule is c1ccc(Oc2ccc(-c3ccccc3-c3ccccn3)cc2)cc1. The summed E-state index contributed by atoms with van der Waals surface area (Å²) in [5.41, 5.74) is 4.40. The molecule has 0 aliphatic carbocycles. The Kier molecular flexibility index (Phi) is 4.25. The van der Waals surface area contributed by atoms with Gasteiger partial charge in [-0.05, 0) is 47.5 Å². The highest BCUT2D eigenvalue weighted by Crippen LogP contribution is 2.32.